The number of isocyanates is 2. The molecule has 0 heterocycles. The summed E-state index contributed by atoms with van der Waals surface area (Å²) in [6, 6.07) is 0. The van der Waals surface area contributed by atoms with Gasteiger partial charge in [-0.2, -0.15) is 0 Å². The lowest BCUT2D eigenvalue weighted by Crippen LogP contribution is -1.74. The Kier molecular flexibility index (Phi) is 51.1. The van der Waals surface area contributed by atoms with Gasteiger partial charge < -0.3 is 4.79 Å². The van der Waals surface area contributed by atoms with Crippen LogP contribution >= 0.6 is 0 Å². The Labute approximate surface area is 119 Å². The highest BCUT2D eigenvalue weighted by atomic mass is 27.0. The normalized spacial score (nSPS) is 7.39. The summed E-state index contributed by atoms with van der Waals surface area (Å²) in [5.41, 5.74) is 0. The highest BCUT2D eigenvalue weighted by Crippen LogP contribution is 2.02. The zero-order valence-electron chi connectivity index (χ0n) is 10.2. The molecule has 0 rings (SSSR count). The predicted molar refractivity (Wildman–Crippen MR) is 75.3 cm³/mol. The van der Waals surface area contributed by atoms with E-state index in [1.807, 2.05) is 6.08 Å². The molecular weight excluding hydrogens is 247 g/mol. The maximum absolute atomic E-state index is 9.89. The summed E-state index contributed by atoms with van der Waals surface area (Å²) >= 11 is 0. The number of carbonyl (C=O) groups excluding carboxylic acids is 3. The molecule has 2 N–H and O–H groups in total. The summed E-state index contributed by atoms with van der Waals surface area (Å²) in [6.07, 6.45) is 13.4. The summed E-state index contributed by atoms with van der Waals surface area (Å²) in [5, 5.41) is 10.8. The lowest BCUT2D eigenvalue weighted by atomic mass is 10.1. The fraction of sp³-hybridized carbons (Fsp3) is 0.583. The summed E-state index contributed by atoms with van der Waals surface area (Å²) < 4.78 is 0. The van der Waals surface area contributed by atoms with Crippen molar-refractivity contribution in [3.05, 3.63) is 12.2 Å². The van der Waals surface area contributed by atoms with Crippen molar-refractivity contribution in [2.24, 2.45) is 0 Å². The van der Waals surface area contributed by atoms with Gasteiger partial charge >= 0.3 is 0 Å². The molecule has 0 aromatic rings. The maximum atomic E-state index is 9.89. The molecule has 0 aliphatic rings. The second-order valence-corrected chi connectivity index (χ2v) is 2.93. The first-order valence-electron chi connectivity index (χ1n) is 5.41. The van der Waals surface area contributed by atoms with Gasteiger partial charge in [0.25, 0.3) is 0 Å². The number of aldehydes is 1. The lowest BCUT2D eigenvalue weighted by molar-refractivity contribution is -0.107. The van der Waals surface area contributed by atoms with E-state index in [0.29, 0.717) is 6.42 Å². The molecule has 5 nitrogen and oxygen atoms in total. The first-order valence-corrected chi connectivity index (χ1v) is 5.41. The third kappa shape index (κ3) is 61.4. The van der Waals surface area contributed by atoms with Gasteiger partial charge in [-0.3, -0.25) is 0 Å². The molecular formula is C12H23AlN2O3. The highest BCUT2D eigenvalue weighted by molar-refractivity contribution is 5.75. The predicted octanol–water partition coefficient (Wildman–Crippen LogP) is 1.72. The van der Waals surface area contributed by atoms with Crippen molar-refractivity contribution < 1.29 is 14.4 Å². The summed E-state index contributed by atoms with van der Waals surface area (Å²) in [4.78, 5) is 26.6. The Morgan fingerprint density at radius 3 is 1.89 bits per heavy atom. The third-order valence-electron chi connectivity index (χ3n) is 1.62. The largest absolute Gasteiger partial charge is 0.303 e. The Hall–Kier alpha value is -1.30. The number of hydrogen-bond acceptors (Lipinski definition) is 5. The molecule has 6 heteroatoms. The van der Waals surface area contributed by atoms with E-state index in [-0.39, 0.29) is 17.4 Å². The van der Waals surface area contributed by atoms with Gasteiger partial charge in [0, 0.05) is 6.42 Å². The fourth-order valence-corrected chi connectivity index (χ4v) is 0.959. The maximum Gasteiger partial charge on any atom is 0.231 e. The third-order valence-corrected chi connectivity index (χ3v) is 1.62. The van der Waals surface area contributed by atoms with Gasteiger partial charge in [-0.05, 0) is 12.8 Å². The number of carbonyl (C=O) groups is 1. The Bertz CT molecular complexity index is 232. The van der Waals surface area contributed by atoms with Crippen LogP contribution in [0.2, 0.25) is 0 Å². The van der Waals surface area contributed by atoms with Gasteiger partial charge in [-0.1, -0.05) is 38.3 Å². The molecule has 0 unspecified atom stereocenters. The van der Waals surface area contributed by atoms with Crippen LogP contribution in [0.1, 0.15) is 45.4 Å². The second-order valence-electron chi connectivity index (χ2n) is 2.93. The second kappa shape index (κ2) is 36.1. The van der Waals surface area contributed by atoms with Crippen LogP contribution in [0.3, 0.4) is 0 Å². The molecule has 0 radical (unpaired) electrons. The first kappa shape index (κ1) is 25.5. The van der Waals surface area contributed by atoms with Crippen LogP contribution in [0, 0.1) is 10.8 Å². The smallest absolute Gasteiger partial charge is 0.231 e. The van der Waals surface area contributed by atoms with Gasteiger partial charge in [0.1, 0.15) is 6.29 Å². The summed E-state index contributed by atoms with van der Waals surface area (Å²) in [6.45, 7) is 2.21. The first-order chi connectivity index (χ1) is 8.24. The van der Waals surface area contributed by atoms with E-state index in [0.717, 1.165) is 24.9 Å². The molecule has 0 saturated carbocycles. The number of allylic oxidation sites excluding steroid dienone is 2. The van der Waals surface area contributed by atoms with Crippen LogP contribution in [-0.2, 0) is 14.4 Å². The molecule has 0 saturated heterocycles. The van der Waals surface area contributed by atoms with Gasteiger partial charge in [-0.15, -0.1) is 0 Å². The van der Waals surface area contributed by atoms with Crippen molar-refractivity contribution in [1.29, 1.82) is 10.8 Å². The summed E-state index contributed by atoms with van der Waals surface area (Å²) in [7, 11) is 0. The lowest BCUT2D eigenvalue weighted by Gasteiger charge is -1.92. The van der Waals surface area contributed by atoms with Crippen molar-refractivity contribution >= 4 is 35.8 Å². The molecule has 0 fully saturated rings. The molecule has 102 valence electrons. The molecule has 0 aromatic carbocycles. The molecule has 0 bridgehead atoms. The zero-order chi connectivity index (χ0) is 13.8. The quantitative estimate of drug-likeness (QED) is 0.184. The van der Waals surface area contributed by atoms with E-state index in [4.69, 9.17) is 20.4 Å². The van der Waals surface area contributed by atoms with E-state index in [9.17, 15) is 4.79 Å². The van der Waals surface area contributed by atoms with Crippen LogP contribution in [0.25, 0.3) is 0 Å². The van der Waals surface area contributed by atoms with E-state index in [2.05, 4.69) is 13.0 Å². The van der Waals surface area contributed by atoms with Gasteiger partial charge in [-0.25, -0.2) is 20.4 Å². The molecule has 0 aliphatic carbocycles. The minimum absolute atomic E-state index is 0. The van der Waals surface area contributed by atoms with E-state index >= 15 is 0 Å². The van der Waals surface area contributed by atoms with E-state index in [1.165, 1.54) is 25.7 Å². The molecule has 0 amide bonds. The number of nitrogens with one attached hydrogen (secondary N) is 2. The molecule has 18 heavy (non-hydrogen) atoms. The van der Waals surface area contributed by atoms with Gasteiger partial charge in [0.15, 0.2) is 17.4 Å². The molecule has 0 aromatic heterocycles. The SMILES string of the molecule is CCCCCCC=CCC=O.N=C=O.N=C=O.[AlH3]. The van der Waals surface area contributed by atoms with Gasteiger partial charge in [0.05, 0.1) is 0 Å². The highest BCUT2D eigenvalue weighted by Gasteiger charge is 1.83. The average molecular weight is 270 g/mol. The van der Waals surface area contributed by atoms with Crippen molar-refractivity contribution in [3.8, 4) is 0 Å². The minimum atomic E-state index is 0. The number of rotatable bonds is 7. The van der Waals surface area contributed by atoms with Crippen LogP contribution < -0.4 is 0 Å². The summed E-state index contributed by atoms with van der Waals surface area (Å²) in [5.74, 6) is 0. The van der Waals surface area contributed by atoms with Crippen molar-refractivity contribution in [3.63, 3.8) is 0 Å². The number of hydrogen-bond donors (Lipinski definition) is 2. The van der Waals surface area contributed by atoms with Gasteiger partial charge in [0.2, 0.25) is 12.2 Å². The van der Waals surface area contributed by atoms with Crippen molar-refractivity contribution in [2.45, 2.75) is 45.4 Å². The topological polar surface area (TPSA) is 98.9 Å². The van der Waals surface area contributed by atoms with Crippen molar-refractivity contribution in [1.82, 2.24) is 0 Å². The van der Waals surface area contributed by atoms with Crippen LogP contribution in [-0.4, -0.2) is 35.8 Å². The van der Waals surface area contributed by atoms with E-state index in [1.54, 1.807) is 0 Å². The molecule has 0 atom stereocenters. The van der Waals surface area contributed by atoms with Crippen LogP contribution in [0.5, 0.6) is 0 Å². The molecule has 0 spiro atoms. The Morgan fingerprint density at radius 1 is 1.00 bits per heavy atom. The fourth-order valence-electron chi connectivity index (χ4n) is 0.959. The van der Waals surface area contributed by atoms with E-state index < -0.39 is 0 Å². The average Bonchev–Trinajstić information content (AvgIpc) is 2.30. The monoisotopic (exact) mass is 270 g/mol. The standard InChI is InChI=1S/C10H18O.2CHNO.Al.3H/c1-2-3-4-5-6-7-8-9-10-11;2*2-1-3;;;;/h7-8,10H,2-6,9H2,1H3;2*2H;;;;. The van der Waals surface area contributed by atoms with Crippen LogP contribution in [0.4, 0.5) is 0 Å². The van der Waals surface area contributed by atoms with Crippen molar-refractivity contribution in [2.75, 3.05) is 0 Å². The Balaban J connectivity index is -0.000000119. The molecule has 0 aliphatic heterocycles. The van der Waals surface area contributed by atoms with Crippen LogP contribution in [0.15, 0.2) is 12.2 Å². The minimum Gasteiger partial charge on any atom is -0.303 e. The zero-order valence-corrected chi connectivity index (χ0v) is 10.2. The number of unbranched alkanes of at least 4 members (excludes halogenated alkanes) is 4. The Morgan fingerprint density at radius 2 is 1.50 bits per heavy atom.